The number of nitrogens with zero attached hydrogens (tertiary/aromatic N) is 2. The highest BCUT2D eigenvalue weighted by Gasteiger charge is 2.56. The number of rotatable bonds is 2. The number of fused-ring (bicyclic) bond motifs is 1. The van der Waals surface area contributed by atoms with Gasteiger partial charge < -0.3 is 4.84 Å². The molecule has 2 aliphatic heterocycles. The van der Waals surface area contributed by atoms with Crippen LogP contribution in [-0.2, 0) is 14.4 Å². The molecule has 0 aromatic heterocycles. The largest absolute Gasteiger partial charge is 0.381 e. The number of hydrogen-bond acceptors (Lipinski definition) is 4. The van der Waals surface area contributed by atoms with Gasteiger partial charge in [-0.15, -0.1) is 0 Å². The molecule has 2 amide bonds. The average Bonchev–Trinajstić information content (AvgIpc) is 3.10. The highest BCUT2D eigenvalue weighted by Crippen LogP contribution is 2.37. The van der Waals surface area contributed by atoms with Crippen molar-refractivity contribution in [2.24, 2.45) is 11.1 Å². The molecular formula is C17H9Cl3N2O3. The Balaban J connectivity index is 1.72. The Bertz CT molecular complexity index is 927. The van der Waals surface area contributed by atoms with Crippen LogP contribution >= 0.6 is 34.8 Å². The average molecular weight is 396 g/mol. The maximum absolute atomic E-state index is 12.9. The van der Waals surface area contributed by atoms with Crippen LogP contribution in [0.5, 0.6) is 0 Å². The maximum Gasteiger partial charge on any atom is 0.278 e. The number of hydrogen-bond donors (Lipinski definition) is 0. The SMILES string of the molecule is O=C1[C@H]2C(c3ccc(Cl)cc3Cl)=NO[C@@H]2C(=O)N1c1ccc(Cl)cc1. The third-order valence-corrected chi connectivity index (χ3v) is 4.90. The quantitative estimate of drug-likeness (QED) is 0.724. The van der Waals surface area contributed by atoms with Crippen LogP contribution in [0.4, 0.5) is 5.69 Å². The number of anilines is 1. The fourth-order valence-corrected chi connectivity index (χ4v) is 3.57. The molecule has 4 rings (SSSR count). The molecular weight excluding hydrogens is 387 g/mol. The van der Waals surface area contributed by atoms with Crippen LogP contribution in [0.15, 0.2) is 47.6 Å². The van der Waals surface area contributed by atoms with E-state index in [2.05, 4.69) is 5.16 Å². The summed E-state index contributed by atoms with van der Waals surface area (Å²) in [5, 5.41) is 5.23. The van der Waals surface area contributed by atoms with Gasteiger partial charge in [0, 0.05) is 15.6 Å². The van der Waals surface area contributed by atoms with Crippen LogP contribution in [0.2, 0.25) is 15.1 Å². The summed E-state index contributed by atoms with van der Waals surface area (Å²) >= 11 is 18.0. The fraction of sp³-hybridized carbons (Fsp3) is 0.118. The second kappa shape index (κ2) is 6.02. The molecule has 0 unspecified atom stereocenters. The number of carbonyl (C=O) groups is 2. The van der Waals surface area contributed by atoms with Gasteiger partial charge in [-0.25, -0.2) is 4.90 Å². The Kier molecular flexibility index (Phi) is 3.95. The van der Waals surface area contributed by atoms with Crippen LogP contribution in [0.1, 0.15) is 5.56 Å². The molecule has 0 bridgehead atoms. The Hall–Kier alpha value is -2.08. The summed E-state index contributed by atoms with van der Waals surface area (Å²) in [4.78, 5) is 31.8. The molecule has 5 nitrogen and oxygen atoms in total. The molecule has 0 N–H and O–H groups in total. The zero-order chi connectivity index (χ0) is 17.7. The fourth-order valence-electron chi connectivity index (χ4n) is 2.94. The highest BCUT2D eigenvalue weighted by molar-refractivity contribution is 6.39. The topological polar surface area (TPSA) is 59.0 Å². The lowest BCUT2D eigenvalue weighted by Crippen LogP contribution is -2.33. The van der Waals surface area contributed by atoms with Crippen molar-refractivity contribution in [1.29, 1.82) is 0 Å². The van der Waals surface area contributed by atoms with Crippen LogP contribution in [-0.4, -0.2) is 23.6 Å². The van der Waals surface area contributed by atoms with Crippen molar-refractivity contribution in [2.75, 3.05) is 4.90 Å². The second-order valence-electron chi connectivity index (χ2n) is 5.59. The molecule has 126 valence electrons. The molecule has 2 heterocycles. The first-order chi connectivity index (χ1) is 12.0. The minimum absolute atomic E-state index is 0.321. The number of imide groups is 1. The van der Waals surface area contributed by atoms with Gasteiger partial charge in [-0.05, 0) is 36.4 Å². The van der Waals surface area contributed by atoms with Crippen molar-refractivity contribution in [3.63, 3.8) is 0 Å². The van der Waals surface area contributed by atoms with Gasteiger partial charge >= 0.3 is 0 Å². The van der Waals surface area contributed by atoms with E-state index in [9.17, 15) is 9.59 Å². The van der Waals surface area contributed by atoms with Gasteiger partial charge in [0.15, 0.2) is 0 Å². The van der Waals surface area contributed by atoms with Gasteiger partial charge in [-0.1, -0.05) is 46.0 Å². The van der Waals surface area contributed by atoms with Crippen molar-refractivity contribution < 1.29 is 14.4 Å². The molecule has 8 heteroatoms. The molecule has 1 saturated heterocycles. The monoisotopic (exact) mass is 394 g/mol. The molecule has 0 saturated carbocycles. The predicted octanol–water partition coefficient (Wildman–Crippen LogP) is 3.94. The van der Waals surface area contributed by atoms with Crippen LogP contribution < -0.4 is 4.90 Å². The van der Waals surface area contributed by atoms with E-state index in [0.717, 1.165) is 4.90 Å². The standard InChI is InChI=1S/C17H9Cl3N2O3/c18-8-1-4-10(5-2-8)22-16(23)13-14(21-25-15(13)17(22)24)11-6-3-9(19)7-12(11)20/h1-7,13,15H/t13-,15-/m0/s1. The molecule has 2 aromatic rings. The van der Waals surface area contributed by atoms with Gasteiger partial charge in [-0.2, -0.15) is 0 Å². The summed E-state index contributed by atoms with van der Waals surface area (Å²) in [6.45, 7) is 0. The third-order valence-electron chi connectivity index (χ3n) is 4.10. The summed E-state index contributed by atoms with van der Waals surface area (Å²) in [7, 11) is 0. The van der Waals surface area contributed by atoms with Crippen molar-refractivity contribution in [2.45, 2.75) is 6.10 Å². The maximum atomic E-state index is 12.9. The lowest BCUT2D eigenvalue weighted by molar-refractivity contribution is -0.126. The zero-order valence-corrected chi connectivity index (χ0v) is 14.7. The smallest absolute Gasteiger partial charge is 0.278 e. The van der Waals surface area contributed by atoms with E-state index in [1.54, 1.807) is 42.5 Å². The Morgan fingerprint density at radius 1 is 0.920 bits per heavy atom. The van der Waals surface area contributed by atoms with Gasteiger partial charge in [0.05, 0.1) is 10.7 Å². The summed E-state index contributed by atoms with van der Waals surface area (Å²) in [5.41, 5.74) is 1.26. The van der Waals surface area contributed by atoms with Gasteiger partial charge in [0.1, 0.15) is 11.6 Å². The lowest BCUT2D eigenvalue weighted by atomic mass is 9.94. The molecule has 0 spiro atoms. The van der Waals surface area contributed by atoms with E-state index in [1.165, 1.54) is 0 Å². The van der Waals surface area contributed by atoms with E-state index < -0.39 is 23.8 Å². The first-order valence-corrected chi connectivity index (χ1v) is 8.43. The number of benzene rings is 2. The van der Waals surface area contributed by atoms with E-state index in [-0.39, 0.29) is 0 Å². The lowest BCUT2D eigenvalue weighted by Gasteiger charge is -2.15. The molecule has 2 atom stereocenters. The zero-order valence-electron chi connectivity index (χ0n) is 12.4. The number of oxime groups is 1. The summed E-state index contributed by atoms with van der Waals surface area (Å²) in [5.74, 6) is -1.73. The number of halogens is 3. The third kappa shape index (κ3) is 2.59. The molecule has 2 aliphatic rings. The summed E-state index contributed by atoms with van der Waals surface area (Å²) in [6, 6.07) is 11.3. The minimum atomic E-state index is -0.995. The van der Waals surface area contributed by atoms with Gasteiger partial charge in [-0.3, -0.25) is 9.59 Å². The summed E-state index contributed by atoms with van der Waals surface area (Å²) < 4.78 is 0. The second-order valence-corrected chi connectivity index (χ2v) is 6.87. The van der Waals surface area contributed by atoms with Crippen molar-refractivity contribution >= 4 is 58.0 Å². The minimum Gasteiger partial charge on any atom is -0.381 e. The number of carbonyl (C=O) groups excluding carboxylic acids is 2. The van der Waals surface area contributed by atoms with Gasteiger partial charge in [0.2, 0.25) is 12.0 Å². The first kappa shape index (κ1) is 16.4. The molecule has 25 heavy (non-hydrogen) atoms. The molecule has 1 fully saturated rings. The van der Waals surface area contributed by atoms with Crippen LogP contribution in [0.3, 0.4) is 0 Å². The summed E-state index contributed by atoms with van der Waals surface area (Å²) in [6.07, 6.45) is -0.995. The van der Waals surface area contributed by atoms with Crippen molar-refractivity contribution in [1.82, 2.24) is 0 Å². The van der Waals surface area contributed by atoms with E-state index in [4.69, 9.17) is 39.6 Å². The van der Waals surface area contributed by atoms with Crippen LogP contribution in [0.25, 0.3) is 0 Å². The van der Waals surface area contributed by atoms with E-state index in [1.807, 2.05) is 0 Å². The van der Waals surface area contributed by atoms with Crippen molar-refractivity contribution in [3.05, 3.63) is 63.1 Å². The highest BCUT2D eigenvalue weighted by atomic mass is 35.5. The number of amides is 2. The Labute approximate surface area is 157 Å². The first-order valence-electron chi connectivity index (χ1n) is 7.30. The molecule has 2 aromatic carbocycles. The normalized spacial score (nSPS) is 22.0. The Morgan fingerprint density at radius 3 is 2.28 bits per heavy atom. The molecule has 0 aliphatic carbocycles. The molecule has 0 radical (unpaired) electrons. The van der Waals surface area contributed by atoms with E-state index >= 15 is 0 Å². The van der Waals surface area contributed by atoms with Crippen LogP contribution in [0, 0.1) is 5.92 Å². The van der Waals surface area contributed by atoms with E-state index in [0.29, 0.717) is 32.0 Å². The Morgan fingerprint density at radius 2 is 1.60 bits per heavy atom. The van der Waals surface area contributed by atoms with Crippen molar-refractivity contribution in [3.8, 4) is 0 Å². The van der Waals surface area contributed by atoms with Gasteiger partial charge in [0.25, 0.3) is 5.91 Å². The predicted molar refractivity (Wildman–Crippen MR) is 95.3 cm³/mol.